The zero-order valence-electron chi connectivity index (χ0n) is 14.0. The fourth-order valence-corrected chi connectivity index (χ4v) is 13.8. The second-order valence-corrected chi connectivity index (χ2v) is 16.7. The van der Waals surface area contributed by atoms with E-state index in [9.17, 15) is 0 Å². The van der Waals surface area contributed by atoms with E-state index in [4.69, 9.17) is 17.1 Å². The average molecular weight is 325 g/mol. The molecular formula is C12H32O4Si3. The summed E-state index contributed by atoms with van der Waals surface area (Å²) < 4.78 is 24.2. The van der Waals surface area contributed by atoms with Gasteiger partial charge in [0.05, 0.1) is 0 Å². The Morgan fingerprint density at radius 2 is 0.895 bits per heavy atom. The monoisotopic (exact) mass is 324 g/mol. The standard InChI is InChI=1S/C12H32O4Si3/c1-9-11-13-17(3,4)15-19(7,8)16-18(5,6)14-12-10-2/h9-12H2,1-8H3. The molecule has 0 aliphatic heterocycles. The largest absolute Gasteiger partial charge is 0.415 e. The van der Waals surface area contributed by atoms with Crippen molar-refractivity contribution >= 4 is 25.7 Å². The van der Waals surface area contributed by atoms with Gasteiger partial charge in [-0.25, -0.2) is 0 Å². The molecule has 0 radical (unpaired) electrons. The first-order valence-electron chi connectivity index (χ1n) is 7.22. The zero-order valence-corrected chi connectivity index (χ0v) is 17.0. The van der Waals surface area contributed by atoms with Crippen molar-refractivity contribution in [1.29, 1.82) is 0 Å². The molecule has 0 bridgehead atoms. The minimum atomic E-state index is -2.20. The van der Waals surface area contributed by atoms with Crippen molar-refractivity contribution in [2.24, 2.45) is 0 Å². The summed E-state index contributed by atoms with van der Waals surface area (Å²) in [5, 5.41) is 0. The highest BCUT2D eigenvalue weighted by Gasteiger charge is 2.41. The maximum Gasteiger partial charge on any atom is 0.322 e. The van der Waals surface area contributed by atoms with Crippen LogP contribution in [0.4, 0.5) is 0 Å². The Morgan fingerprint density at radius 3 is 1.16 bits per heavy atom. The molecule has 7 heteroatoms. The minimum absolute atomic E-state index is 0.761. The molecule has 116 valence electrons. The third kappa shape index (κ3) is 9.94. The first kappa shape index (κ1) is 19.5. The molecule has 19 heavy (non-hydrogen) atoms. The lowest BCUT2D eigenvalue weighted by Gasteiger charge is -2.37. The molecule has 0 unspecified atom stereocenters. The van der Waals surface area contributed by atoms with Gasteiger partial charge < -0.3 is 17.1 Å². The quantitative estimate of drug-likeness (QED) is 0.570. The van der Waals surface area contributed by atoms with E-state index in [2.05, 4.69) is 53.1 Å². The van der Waals surface area contributed by atoms with Crippen molar-refractivity contribution < 1.29 is 17.1 Å². The van der Waals surface area contributed by atoms with E-state index >= 15 is 0 Å². The maximum absolute atomic E-state index is 6.23. The van der Waals surface area contributed by atoms with Crippen molar-refractivity contribution in [3.05, 3.63) is 0 Å². The van der Waals surface area contributed by atoms with Crippen LogP contribution in [0, 0.1) is 0 Å². The molecular weight excluding hydrogens is 292 g/mol. The van der Waals surface area contributed by atoms with Crippen molar-refractivity contribution in [1.82, 2.24) is 0 Å². The predicted molar refractivity (Wildman–Crippen MR) is 87.1 cm³/mol. The molecule has 0 N–H and O–H groups in total. The lowest BCUT2D eigenvalue weighted by Crippen LogP contribution is -2.54. The van der Waals surface area contributed by atoms with Gasteiger partial charge in [-0.3, -0.25) is 0 Å². The van der Waals surface area contributed by atoms with E-state index in [-0.39, 0.29) is 0 Å². The summed E-state index contributed by atoms with van der Waals surface area (Å²) in [5.74, 6) is 0. The summed E-state index contributed by atoms with van der Waals surface area (Å²) in [4.78, 5) is 0. The highest BCUT2D eigenvalue weighted by atomic mass is 28.5. The highest BCUT2D eigenvalue weighted by molar-refractivity contribution is 6.84. The van der Waals surface area contributed by atoms with E-state index in [1.54, 1.807) is 0 Å². The highest BCUT2D eigenvalue weighted by Crippen LogP contribution is 2.22. The Hall–Kier alpha value is 0.491. The van der Waals surface area contributed by atoms with Gasteiger partial charge in [0.1, 0.15) is 0 Å². The molecule has 0 aromatic carbocycles. The van der Waals surface area contributed by atoms with Crippen molar-refractivity contribution in [3.63, 3.8) is 0 Å². The number of hydrogen-bond acceptors (Lipinski definition) is 4. The maximum atomic E-state index is 6.23. The Kier molecular flexibility index (Phi) is 8.27. The second kappa shape index (κ2) is 8.06. The Bertz CT molecular complexity index is 233. The van der Waals surface area contributed by atoms with Crippen LogP contribution < -0.4 is 0 Å². The van der Waals surface area contributed by atoms with Gasteiger partial charge in [0, 0.05) is 13.2 Å². The van der Waals surface area contributed by atoms with Crippen LogP contribution in [0.3, 0.4) is 0 Å². The van der Waals surface area contributed by atoms with Crippen molar-refractivity contribution in [2.75, 3.05) is 13.2 Å². The van der Waals surface area contributed by atoms with Gasteiger partial charge >= 0.3 is 25.7 Å². The Labute approximate surface area is 122 Å². The van der Waals surface area contributed by atoms with Crippen LogP contribution in [0.5, 0.6) is 0 Å². The average Bonchev–Trinajstić information content (AvgIpc) is 2.20. The van der Waals surface area contributed by atoms with Crippen molar-refractivity contribution in [2.45, 2.75) is 66.0 Å². The van der Waals surface area contributed by atoms with Crippen LogP contribution in [-0.4, -0.2) is 38.9 Å². The van der Waals surface area contributed by atoms with Crippen LogP contribution in [0.2, 0.25) is 39.3 Å². The molecule has 0 aliphatic carbocycles. The predicted octanol–water partition coefficient (Wildman–Crippen LogP) is 3.98. The Morgan fingerprint density at radius 1 is 0.579 bits per heavy atom. The van der Waals surface area contributed by atoms with Crippen LogP contribution in [-0.2, 0) is 17.1 Å². The van der Waals surface area contributed by atoms with Gasteiger partial charge in [-0.05, 0) is 52.1 Å². The van der Waals surface area contributed by atoms with Crippen LogP contribution in [0.25, 0.3) is 0 Å². The lowest BCUT2D eigenvalue weighted by molar-refractivity contribution is 0.204. The first-order valence-corrected chi connectivity index (χ1v) is 15.7. The molecule has 0 fully saturated rings. The normalized spacial score (nSPS) is 13.9. The minimum Gasteiger partial charge on any atom is -0.415 e. The molecule has 0 atom stereocenters. The molecule has 0 spiro atoms. The van der Waals surface area contributed by atoms with E-state index < -0.39 is 25.7 Å². The van der Waals surface area contributed by atoms with Crippen molar-refractivity contribution in [3.8, 4) is 0 Å². The molecule has 0 aliphatic rings. The lowest BCUT2D eigenvalue weighted by atomic mass is 10.5. The summed E-state index contributed by atoms with van der Waals surface area (Å²) in [6, 6.07) is 0. The second-order valence-electron chi connectivity index (χ2n) is 6.10. The molecule has 0 heterocycles. The smallest absolute Gasteiger partial charge is 0.322 e. The molecule has 0 rings (SSSR count). The molecule has 0 amide bonds. The summed E-state index contributed by atoms with van der Waals surface area (Å²) >= 11 is 0. The van der Waals surface area contributed by atoms with Gasteiger partial charge in [-0.15, -0.1) is 0 Å². The summed E-state index contributed by atoms with van der Waals surface area (Å²) in [6.07, 6.45) is 2.03. The van der Waals surface area contributed by atoms with Crippen LogP contribution >= 0.6 is 0 Å². The zero-order chi connectivity index (χ0) is 15.2. The molecule has 0 saturated carbocycles. The third-order valence-electron chi connectivity index (χ3n) is 2.29. The number of rotatable bonds is 10. The van der Waals surface area contributed by atoms with Gasteiger partial charge in [0.15, 0.2) is 0 Å². The topological polar surface area (TPSA) is 36.9 Å². The molecule has 0 aromatic heterocycles. The molecule has 4 nitrogen and oxygen atoms in total. The van der Waals surface area contributed by atoms with E-state index in [1.165, 1.54) is 0 Å². The van der Waals surface area contributed by atoms with Gasteiger partial charge in [0.25, 0.3) is 0 Å². The van der Waals surface area contributed by atoms with Gasteiger partial charge in [-0.2, -0.15) is 0 Å². The van der Waals surface area contributed by atoms with Gasteiger partial charge in [-0.1, -0.05) is 13.8 Å². The van der Waals surface area contributed by atoms with E-state index in [1.807, 2.05) is 0 Å². The fraction of sp³-hybridized carbons (Fsp3) is 1.00. The summed E-state index contributed by atoms with van der Waals surface area (Å²) in [6.45, 7) is 18.3. The SMILES string of the molecule is CCCO[Si](C)(C)O[Si](C)(C)O[Si](C)(C)OCCC. The van der Waals surface area contributed by atoms with E-state index in [0.29, 0.717) is 0 Å². The number of hydrogen-bond donors (Lipinski definition) is 0. The third-order valence-corrected chi connectivity index (χ3v) is 12.0. The molecule has 0 saturated heterocycles. The Balaban J connectivity index is 4.44. The summed E-state index contributed by atoms with van der Waals surface area (Å²) in [7, 11) is -6.38. The van der Waals surface area contributed by atoms with Gasteiger partial charge in [0.2, 0.25) is 0 Å². The first-order chi connectivity index (χ1) is 8.54. The molecule has 0 aromatic rings. The van der Waals surface area contributed by atoms with Crippen LogP contribution in [0.1, 0.15) is 26.7 Å². The van der Waals surface area contributed by atoms with Crippen LogP contribution in [0.15, 0.2) is 0 Å². The fourth-order valence-electron chi connectivity index (χ4n) is 1.96. The summed E-state index contributed by atoms with van der Waals surface area (Å²) in [5.41, 5.74) is 0. The van der Waals surface area contributed by atoms with E-state index in [0.717, 1.165) is 26.1 Å².